The molecule has 2 N–H and O–H groups in total. The predicted molar refractivity (Wildman–Crippen MR) is 67.4 cm³/mol. The van der Waals surface area contributed by atoms with E-state index in [1.807, 2.05) is 7.05 Å². The summed E-state index contributed by atoms with van der Waals surface area (Å²) in [5.41, 5.74) is 0. The Kier molecular flexibility index (Phi) is 7.30. The van der Waals surface area contributed by atoms with E-state index in [0.717, 1.165) is 6.54 Å². The van der Waals surface area contributed by atoms with Gasteiger partial charge in [0.05, 0.1) is 18.9 Å². The monoisotopic (exact) mass is 274 g/mol. The molecule has 102 valence electrons. The lowest BCUT2D eigenvalue weighted by Gasteiger charge is -2.05. The fraction of sp³-hybridized carbons (Fsp3) is 0.778. The van der Waals surface area contributed by atoms with Crippen LogP contribution in [0.25, 0.3) is 0 Å². The molecule has 0 aliphatic rings. The molecule has 1 rings (SSSR count). The van der Waals surface area contributed by atoms with E-state index >= 15 is 0 Å². The van der Waals surface area contributed by atoms with Gasteiger partial charge in [-0.25, -0.2) is 4.68 Å². The van der Waals surface area contributed by atoms with Gasteiger partial charge in [-0.1, -0.05) is 11.8 Å². The number of methoxy groups -OCH3 is 1. The zero-order valence-corrected chi connectivity index (χ0v) is 11.4. The van der Waals surface area contributed by atoms with Gasteiger partial charge in [0, 0.05) is 20.2 Å². The number of nitrogens with one attached hydrogen (secondary N) is 2. The lowest BCUT2D eigenvalue weighted by atomic mass is 10.6. The first-order chi connectivity index (χ1) is 8.77. The summed E-state index contributed by atoms with van der Waals surface area (Å²) in [6.45, 7) is 2.48. The van der Waals surface area contributed by atoms with Gasteiger partial charge >= 0.3 is 0 Å². The maximum absolute atomic E-state index is 11.5. The van der Waals surface area contributed by atoms with Crippen LogP contribution in [0.1, 0.15) is 0 Å². The van der Waals surface area contributed by atoms with E-state index in [2.05, 4.69) is 26.2 Å². The zero-order chi connectivity index (χ0) is 13.2. The van der Waals surface area contributed by atoms with Gasteiger partial charge < -0.3 is 15.4 Å². The molecule has 0 radical (unpaired) electrons. The van der Waals surface area contributed by atoms with Crippen LogP contribution in [0.15, 0.2) is 5.16 Å². The van der Waals surface area contributed by atoms with Gasteiger partial charge in [-0.2, -0.15) is 0 Å². The molecule has 0 saturated carbocycles. The zero-order valence-electron chi connectivity index (χ0n) is 10.5. The molecule has 0 saturated heterocycles. The SMILES string of the molecule is CNCCn1nnnc1SCC(=O)NCCOC. The van der Waals surface area contributed by atoms with Crippen molar-refractivity contribution in [3.05, 3.63) is 0 Å². The van der Waals surface area contributed by atoms with Crippen molar-refractivity contribution < 1.29 is 9.53 Å². The fourth-order valence-corrected chi connectivity index (χ4v) is 1.86. The number of amides is 1. The van der Waals surface area contributed by atoms with Gasteiger partial charge in [-0.15, -0.1) is 5.10 Å². The molecule has 1 aromatic heterocycles. The molecular weight excluding hydrogens is 256 g/mol. The van der Waals surface area contributed by atoms with Gasteiger partial charge in [0.2, 0.25) is 11.1 Å². The Morgan fingerprint density at radius 1 is 1.50 bits per heavy atom. The average Bonchev–Trinajstić information content (AvgIpc) is 2.81. The number of thioether (sulfide) groups is 1. The van der Waals surface area contributed by atoms with E-state index in [1.165, 1.54) is 11.8 Å². The fourth-order valence-electron chi connectivity index (χ4n) is 1.13. The largest absolute Gasteiger partial charge is 0.383 e. The molecule has 0 unspecified atom stereocenters. The quantitative estimate of drug-likeness (QED) is 0.429. The van der Waals surface area contributed by atoms with Crippen LogP contribution in [0.3, 0.4) is 0 Å². The van der Waals surface area contributed by atoms with Gasteiger partial charge in [-0.05, 0) is 17.5 Å². The van der Waals surface area contributed by atoms with Gasteiger partial charge in [0.15, 0.2) is 0 Å². The van der Waals surface area contributed by atoms with Crippen molar-refractivity contribution in [1.82, 2.24) is 30.8 Å². The molecule has 0 aromatic carbocycles. The van der Waals surface area contributed by atoms with E-state index in [0.29, 0.717) is 30.6 Å². The van der Waals surface area contributed by atoms with Crippen LogP contribution in [0.5, 0.6) is 0 Å². The van der Waals surface area contributed by atoms with Crippen molar-refractivity contribution in [3.8, 4) is 0 Å². The van der Waals surface area contributed by atoms with E-state index in [-0.39, 0.29) is 5.91 Å². The van der Waals surface area contributed by atoms with Crippen molar-refractivity contribution in [2.24, 2.45) is 0 Å². The molecule has 1 aromatic rings. The molecule has 0 aliphatic carbocycles. The number of aromatic nitrogens is 4. The minimum atomic E-state index is -0.0554. The number of rotatable bonds is 9. The summed E-state index contributed by atoms with van der Waals surface area (Å²) < 4.78 is 6.51. The van der Waals surface area contributed by atoms with Crippen molar-refractivity contribution in [1.29, 1.82) is 0 Å². The van der Waals surface area contributed by atoms with E-state index < -0.39 is 0 Å². The van der Waals surface area contributed by atoms with E-state index in [9.17, 15) is 4.79 Å². The Morgan fingerprint density at radius 2 is 2.33 bits per heavy atom. The summed E-state index contributed by atoms with van der Waals surface area (Å²) in [5, 5.41) is 17.7. The van der Waals surface area contributed by atoms with Crippen LogP contribution in [-0.2, 0) is 16.1 Å². The third kappa shape index (κ3) is 5.43. The number of nitrogens with zero attached hydrogens (tertiary/aromatic N) is 4. The van der Waals surface area contributed by atoms with Gasteiger partial charge in [0.1, 0.15) is 0 Å². The highest BCUT2D eigenvalue weighted by Gasteiger charge is 2.09. The smallest absolute Gasteiger partial charge is 0.230 e. The summed E-state index contributed by atoms with van der Waals surface area (Å²) in [6.07, 6.45) is 0. The van der Waals surface area contributed by atoms with Crippen LogP contribution in [0.4, 0.5) is 0 Å². The highest BCUT2D eigenvalue weighted by Crippen LogP contribution is 2.12. The molecule has 1 amide bonds. The Labute approximate surface area is 110 Å². The summed E-state index contributed by atoms with van der Waals surface area (Å²) in [7, 11) is 3.46. The predicted octanol–water partition coefficient (Wildman–Crippen LogP) is -1.25. The van der Waals surface area contributed by atoms with Crippen LogP contribution in [-0.4, -0.2) is 65.7 Å². The van der Waals surface area contributed by atoms with Crippen molar-refractivity contribution in [2.45, 2.75) is 11.7 Å². The normalized spacial score (nSPS) is 10.6. The molecule has 18 heavy (non-hydrogen) atoms. The number of carbonyl (C=O) groups is 1. The second kappa shape index (κ2) is 8.84. The second-order valence-electron chi connectivity index (χ2n) is 3.42. The van der Waals surface area contributed by atoms with Crippen molar-refractivity contribution in [3.63, 3.8) is 0 Å². The number of likely N-dealkylation sites (N-methyl/N-ethyl adjacent to an activating group) is 1. The first-order valence-electron chi connectivity index (χ1n) is 5.57. The topological polar surface area (TPSA) is 94.0 Å². The number of ether oxygens (including phenoxy) is 1. The average molecular weight is 274 g/mol. The Balaban J connectivity index is 2.29. The highest BCUT2D eigenvalue weighted by molar-refractivity contribution is 7.99. The number of carbonyl (C=O) groups excluding carboxylic acids is 1. The van der Waals surface area contributed by atoms with Crippen molar-refractivity contribution >= 4 is 17.7 Å². The first-order valence-corrected chi connectivity index (χ1v) is 6.55. The van der Waals surface area contributed by atoms with Crippen LogP contribution in [0.2, 0.25) is 0 Å². The van der Waals surface area contributed by atoms with Crippen LogP contribution >= 0.6 is 11.8 Å². The highest BCUT2D eigenvalue weighted by atomic mass is 32.2. The molecule has 0 atom stereocenters. The summed E-state index contributed by atoms with van der Waals surface area (Å²) >= 11 is 1.32. The number of tetrazole rings is 1. The van der Waals surface area contributed by atoms with Crippen LogP contribution in [0, 0.1) is 0 Å². The maximum Gasteiger partial charge on any atom is 0.230 e. The van der Waals surface area contributed by atoms with E-state index in [1.54, 1.807) is 11.8 Å². The van der Waals surface area contributed by atoms with Crippen LogP contribution < -0.4 is 10.6 Å². The van der Waals surface area contributed by atoms with E-state index in [4.69, 9.17) is 4.74 Å². The third-order valence-corrected chi connectivity index (χ3v) is 2.99. The Morgan fingerprint density at radius 3 is 3.06 bits per heavy atom. The van der Waals surface area contributed by atoms with Gasteiger partial charge in [0.25, 0.3) is 0 Å². The molecule has 8 nitrogen and oxygen atoms in total. The second-order valence-corrected chi connectivity index (χ2v) is 4.36. The first kappa shape index (κ1) is 14.9. The lowest BCUT2D eigenvalue weighted by Crippen LogP contribution is -2.28. The number of hydrogen-bond donors (Lipinski definition) is 2. The Hall–Kier alpha value is -1.19. The molecule has 9 heteroatoms. The molecule has 0 aliphatic heterocycles. The molecule has 1 heterocycles. The molecular formula is C9H18N6O2S. The maximum atomic E-state index is 11.5. The Bertz CT molecular complexity index is 359. The molecule has 0 spiro atoms. The minimum Gasteiger partial charge on any atom is -0.383 e. The lowest BCUT2D eigenvalue weighted by molar-refractivity contribution is -0.118. The van der Waals surface area contributed by atoms with Crippen molar-refractivity contribution in [2.75, 3.05) is 39.6 Å². The standard InChI is InChI=1S/C9H18N6O2S/c1-10-3-5-15-9(12-13-14-15)18-7-8(16)11-4-6-17-2/h10H,3-7H2,1-2H3,(H,11,16). The minimum absolute atomic E-state index is 0.0554. The number of hydrogen-bond acceptors (Lipinski definition) is 7. The third-order valence-electron chi connectivity index (χ3n) is 2.03. The molecule has 0 bridgehead atoms. The summed E-state index contributed by atoms with van der Waals surface area (Å²) in [6, 6.07) is 0. The summed E-state index contributed by atoms with van der Waals surface area (Å²) in [4.78, 5) is 11.5. The molecule has 0 fully saturated rings. The summed E-state index contributed by atoms with van der Waals surface area (Å²) in [5.74, 6) is 0.240. The van der Waals surface area contributed by atoms with Gasteiger partial charge in [-0.3, -0.25) is 4.79 Å².